The monoisotopic (exact) mass is 1010 g/mol. The molecule has 6 nitrogen and oxygen atoms in total. The van der Waals surface area contributed by atoms with Crippen LogP contribution in [0, 0.1) is 0 Å². The minimum Gasteiger partial charge on any atom is -0.466 e. The second kappa shape index (κ2) is 61.6. The number of unbranched alkanes of at least 4 members (excludes halogenated alkanes) is 45. The first-order valence-electron chi connectivity index (χ1n) is 32.3. The van der Waals surface area contributed by atoms with Crippen molar-refractivity contribution in [2.24, 2.45) is 0 Å². The van der Waals surface area contributed by atoms with Gasteiger partial charge >= 0.3 is 5.97 Å². The van der Waals surface area contributed by atoms with Gasteiger partial charge in [0.25, 0.3) is 0 Å². The van der Waals surface area contributed by atoms with E-state index >= 15 is 0 Å². The molecule has 2 unspecified atom stereocenters. The highest BCUT2D eigenvalue weighted by Crippen LogP contribution is 2.18. The summed E-state index contributed by atoms with van der Waals surface area (Å²) < 4.78 is 5.47. The number of nitrogens with one attached hydrogen (secondary N) is 1. The maximum absolute atomic E-state index is 12.5. The number of carbonyl (C=O) groups is 2. The first kappa shape index (κ1) is 70.1. The number of hydrogen-bond donors (Lipinski definition) is 3. The van der Waals surface area contributed by atoms with Crippen LogP contribution in [0.25, 0.3) is 0 Å². The molecule has 0 aliphatic heterocycles. The van der Waals surface area contributed by atoms with E-state index in [9.17, 15) is 19.8 Å². The van der Waals surface area contributed by atoms with Crippen LogP contribution in [0.3, 0.4) is 0 Å². The molecule has 1 amide bonds. The number of hydrogen-bond acceptors (Lipinski definition) is 5. The highest BCUT2D eigenvalue weighted by Gasteiger charge is 2.18. The molecule has 6 heteroatoms. The molecule has 424 valence electrons. The highest BCUT2D eigenvalue weighted by atomic mass is 16.5. The van der Waals surface area contributed by atoms with Crippen LogP contribution in [0.15, 0.2) is 36.5 Å². The van der Waals surface area contributed by atoms with Crippen molar-refractivity contribution in [2.45, 2.75) is 360 Å². The molecule has 0 aliphatic rings. The zero-order valence-electron chi connectivity index (χ0n) is 48.4. The van der Waals surface area contributed by atoms with Crippen molar-refractivity contribution in [3.63, 3.8) is 0 Å². The van der Waals surface area contributed by atoms with Crippen molar-refractivity contribution in [2.75, 3.05) is 13.2 Å². The Bertz CT molecular complexity index is 1170. The molecular formula is C66H125NO5. The van der Waals surface area contributed by atoms with E-state index in [-0.39, 0.29) is 18.5 Å². The maximum Gasteiger partial charge on any atom is 0.305 e. The van der Waals surface area contributed by atoms with Gasteiger partial charge in [0.15, 0.2) is 0 Å². The van der Waals surface area contributed by atoms with E-state index in [1.54, 1.807) is 6.08 Å². The Balaban J connectivity index is 3.36. The van der Waals surface area contributed by atoms with Crippen LogP contribution in [0.5, 0.6) is 0 Å². The number of esters is 1. The molecule has 0 aromatic rings. The molecule has 0 saturated carbocycles. The maximum atomic E-state index is 12.5. The van der Waals surface area contributed by atoms with Crippen LogP contribution in [-0.4, -0.2) is 47.4 Å². The molecule has 0 fully saturated rings. The van der Waals surface area contributed by atoms with Crippen LogP contribution in [0.4, 0.5) is 0 Å². The predicted octanol–water partition coefficient (Wildman–Crippen LogP) is 20.4. The van der Waals surface area contributed by atoms with Crippen molar-refractivity contribution in [1.29, 1.82) is 0 Å². The van der Waals surface area contributed by atoms with Gasteiger partial charge in [-0.2, -0.15) is 0 Å². The molecular weight excluding hydrogens is 887 g/mol. The number of amides is 1. The van der Waals surface area contributed by atoms with Crippen molar-refractivity contribution in [3.8, 4) is 0 Å². The summed E-state index contributed by atoms with van der Waals surface area (Å²) in [6, 6.07) is -0.625. The summed E-state index contributed by atoms with van der Waals surface area (Å²) in [6.45, 7) is 4.85. The fourth-order valence-electron chi connectivity index (χ4n) is 9.97. The summed E-state index contributed by atoms with van der Waals surface area (Å²) in [5.41, 5.74) is 0. The van der Waals surface area contributed by atoms with Gasteiger partial charge in [0.05, 0.1) is 25.4 Å². The molecule has 72 heavy (non-hydrogen) atoms. The summed E-state index contributed by atoms with van der Waals surface area (Å²) in [5, 5.41) is 23.1. The fraction of sp³-hybridized carbons (Fsp3) is 0.879. The van der Waals surface area contributed by atoms with E-state index in [2.05, 4.69) is 43.5 Å². The molecule has 0 radical (unpaired) electrons. The molecule has 0 heterocycles. The molecule has 0 aromatic carbocycles. The minimum atomic E-state index is -0.842. The lowest BCUT2D eigenvalue weighted by atomic mass is 10.0. The molecule has 0 bridgehead atoms. The topological polar surface area (TPSA) is 95.9 Å². The van der Waals surface area contributed by atoms with E-state index in [1.807, 2.05) is 6.08 Å². The Morgan fingerprint density at radius 1 is 0.389 bits per heavy atom. The second-order valence-electron chi connectivity index (χ2n) is 22.1. The molecule has 0 saturated heterocycles. The molecule has 3 N–H and O–H groups in total. The number of ether oxygens (including phenoxy) is 1. The molecule has 2 atom stereocenters. The zero-order valence-corrected chi connectivity index (χ0v) is 48.4. The number of aliphatic hydroxyl groups is 2. The van der Waals surface area contributed by atoms with Gasteiger partial charge in [-0.1, -0.05) is 314 Å². The third-order valence-electron chi connectivity index (χ3n) is 14.9. The molecule has 0 spiro atoms. The Morgan fingerprint density at radius 3 is 1.11 bits per heavy atom. The van der Waals surface area contributed by atoms with Gasteiger partial charge in [0, 0.05) is 12.8 Å². The molecule has 0 aromatic heterocycles. The van der Waals surface area contributed by atoms with E-state index in [1.165, 1.54) is 270 Å². The summed E-state index contributed by atoms with van der Waals surface area (Å²) in [7, 11) is 0. The van der Waals surface area contributed by atoms with Gasteiger partial charge in [-0.25, -0.2) is 0 Å². The van der Waals surface area contributed by atoms with Crippen molar-refractivity contribution in [1.82, 2.24) is 5.32 Å². The zero-order chi connectivity index (χ0) is 52.2. The van der Waals surface area contributed by atoms with Crippen molar-refractivity contribution >= 4 is 11.9 Å². The van der Waals surface area contributed by atoms with Crippen LogP contribution in [-0.2, 0) is 14.3 Å². The second-order valence-corrected chi connectivity index (χ2v) is 22.1. The molecule has 0 rings (SSSR count). The third-order valence-corrected chi connectivity index (χ3v) is 14.9. The van der Waals surface area contributed by atoms with Gasteiger partial charge in [-0.15, -0.1) is 0 Å². The normalized spacial score (nSPS) is 12.8. The highest BCUT2D eigenvalue weighted by molar-refractivity contribution is 5.76. The summed E-state index contributed by atoms with van der Waals surface area (Å²) in [5.74, 6) is -0.0607. The molecule has 0 aliphatic carbocycles. The Labute approximate surface area is 449 Å². The van der Waals surface area contributed by atoms with E-state index in [0.717, 1.165) is 51.4 Å². The number of aliphatic hydroxyl groups excluding tert-OH is 2. The van der Waals surface area contributed by atoms with Crippen molar-refractivity contribution < 1.29 is 24.5 Å². The van der Waals surface area contributed by atoms with Crippen LogP contribution < -0.4 is 5.32 Å². The number of allylic oxidation sites excluding steroid dienone is 5. The largest absolute Gasteiger partial charge is 0.466 e. The number of rotatable bonds is 60. The van der Waals surface area contributed by atoms with Crippen LogP contribution in [0.2, 0.25) is 0 Å². The lowest BCUT2D eigenvalue weighted by Gasteiger charge is -2.20. The van der Waals surface area contributed by atoms with Gasteiger partial charge in [-0.3, -0.25) is 9.59 Å². The first-order chi connectivity index (χ1) is 35.5. The van der Waals surface area contributed by atoms with Gasteiger partial charge in [0.2, 0.25) is 5.91 Å². The third kappa shape index (κ3) is 57.4. The van der Waals surface area contributed by atoms with Gasteiger partial charge in [-0.05, 0) is 57.8 Å². The van der Waals surface area contributed by atoms with Crippen molar-refractivity contribution in [3.05, 3.63) is 36.5 Å². The smallest absolute Gasteiger partial charge is 0.305 e. The minimum absolute atomic E-state index is 0.00302. The Morgan fingerprint density at radius 2 is 0.722 bits per heavy atom. The first-order valence-corrected chi connectivity index (χ1v) is 32.3. The summed E-state index contributed by atoms with van der Waals surface area (Å²) in [4.78, 5) is 24.5. The predicted molar refractivity (Wildman–Crippen MR) is 315 cm³/mol. The van der Waals surface area contributed by atoms with Crippen LogP contribution >= 0.6 is 0 Å². The van der Waals surface area contributed by atoms with E-state index in [0.29, 0.717) is 19.4 Å². The fourth-order valence-corrected chi connectivity index (χ4v) is 9.97. The number of carbonyl (C=O) groups excluding carboxylic acids is 2. The standard InChI is InChI=1S/C66H125NO5/c1-3-5-7-9-11-13-15-17-35-38-42-46-50-54-58-64(69)63(62-68)67-65(70)59-55-51-47-43-39-36-32-30-28-26-24-22-20-18-19-21-23-25-27-29-31-33-37-41-45-49-53-57-61-72-66(71)60-56-52-48-44-40-34-16-14-12-10-8-6-4-2/h8,10,14,16,54,58,63-64,68-69H,3-7,9,11-13,15,17-53,55-57,59-62H2,1-2H3,(H,67,70)/b10-8-,16-14-,58-54+. The van der Waals surface area contributed by atoms with Crippen LogP contribution in [0.1, 0.15) is 348 Å². The lowest BCUT2D eigenvalue weighted by Crippen LogP contribution is -2.45. The van der Waals surface area contributed by atoms with Gasteiger partial charge in [0.1, 0.15) is 0 Å². The summed E-state index contributed by atoms with van der Waals surface area (Å²) >= 11 is 0. The Hall–Kier alpha value is -1.92. The lowest BCUT2D eigenvalue weighted by molar-refractivity contribution is -0.143. The average molecular weight is 1010 g/mol. The van der Waals surface area contributed by atoms with Gasteiger partial charge < -0.3 is 20.3 Å². The van der Waals surface area contributed by atoms with E-state index < -0.39 is 12.1 Å². The quantitative estimate of drug-likeness (QED) is 0.0320. The van der Waals surface area contributed by atoms with E-state index in [4.69, 9.17) is 4.74 Å². The SMILES string of the molecule is CCC/C=C\C/C=C\CCCCCCCC(=O)OCCCCCCCCCCCCCCCCCCCCCCCCCCCCCCC(=O)NC(CO)C(O)/C=C/CCCCCCCCCCCCCC. The summed E-state index contributed by atoms with van der Waals surface area (Å²) in [6.07, 6.45) is 77.8. The Kier molecular flexibility index (Phi) is 60.0. The average Bonchev–Trinajstić information content (AvgIpc) is 3.38.